The molecular weight excluding hydrogens is 619 g/mol. The van der Waals surface area contributed by atoms with Crippen LogP contribution >= 0.6 is 0 Å². The summed E-state index contributed by atoms with van der Waals surface area (Å²) >= 11 is 0. The number of benzene rings is 10. The second kappa shape index (κ2) is 10.5. The Labute approximate surface area is 293 Å². The van der Waals surface area contributed by atoms with Gasteiger partial charge in [-0.3, -0.25) is 0 Å². The Morgan fingerprint density at radius 1 is 0.353 bits per heavy atom. The summed E-state index contributed by atoms with van der Waals surface area (Å²) in [6.07, 6.45) is 0. The molecule has 0 aliphatic carbocycles. The minimum absolute atomic E-state index is 0.701. The molecule has 0 N–H and O–H groups in total. The van der Waals surface area contributed by atoms with Gasteiger partial charge in [0.25, 0.3) is 0 Å². The second-order valence-corrected chi connectivity index (χ2v) is 13.6. The lowest BCUT2D eigenvalue weighted by atomic mass is 9.90. The fourth-order valence-electron chi connectivity index (χ4n) is 8.42. The highest BCUT2D eigenvalue weighted by molar-refractivity contribution is 6.30. The van der Waals surface area contributed by atoms with Crippen molar-refractivity contribution in [3.63, 3.8) is 0 Å². The van der Waals surface area contributed by atoms with Gasteiger partial charge in [0.15, 0.2) is 0 Å². The van der Waals surface area contributed by atoms with Crippen molar-refractivity contribution in [2.45, 2.75) is 0 Å². The molecule has 1 heterocycles. The fourth-order valence-corrected chi connectivity index (χ4v) is 8.42. The average molecular weight is 646 g/mol. The Balaban J connectivity index is 1.07. The molecule has 234 valence electrons. The molecule has 0 saturated carbocycles. The lowest BCUT2D eigenvalue weighted by molar-refractivity contribution is 0.670. The first kappa shape index (κ1) is 27.9. The summed E-state index contributed by atoms with van der Waals surface area (Å²) in [5, 5.41) is 26.3. The molecule has 51 heavy (non-hydrogen) atoms. The molecule has 0 unspecified atom stereocenters. The quantitative estimate of drug-likeness (QED) is 0.175. The van der Waals surface area contributed by atoms with E-state index < -0.39 is 0 Å². The van der Waals surface area contributed by atoms with Gasteiger partial charge < -0.3 is 4.42 Å². The molecule has 11 rings (SSSR count). The van der Waals surface area contributed by atoms with Crippen LogP contribution in [-0.2, 0) is 0 Å². The summed E-state index contributed by atoms with van der Waals surface area (Å²) in [6.45, 7) is 0. The van der Waals surface area contributed by atoms with Crippen LogP contribution in [0.4, 0.5) is 0 Å². The normalized spacial score (nSPS) is 11.9. The zero-order valence-electron chi connectivity index (χ0n) is 27.4. The number of rotatable bonds is 2. The third-order valence-corrected chi connectivity index (χ3v) is 10.8. The van der Waals surface area contributed by atoms with Crippen LogP contribution in [0.5, 0.6) is 0 Å². The van der Waals surface area contributed by atoms with Crippen molar-refractivity contribution in [3.05, 3.63) is 169 Å². The largest absolute Gasteiger partial charge is 0.456 e. The zero-order chi connectivity index (χ0) is 33.6. The summed E-state index contributed by atoms with van der Waals surface area (Å²) in [6, 6.07) is 61.0. The Kier molecular flexibility index (Phi) is 5.77. The van der Waals surface area contributed by atoms with Gasteiger partial charge in [-0.15, -0.1) is 0 Å². The maximum absolute atomic E-state index is 9.65. The van der Waals surface area contributed by atoms with E-state index in [0.29, 0.717) is 5.56 Å². The van der Waals surface area contributed by atoms with E-state index in [1.807, 2.05) is 24.3 Å². The van der Waals surface area contributed by atoms with Gasteiger partial charge in [-0.25, -0.2) is 0 Å². The van der Waals surface area contributed by atoms with Crippen LogP contribution in [0.1, 0.15) is 5.56 Å². The van der Waals surface area contributed by atoms with Crippen molar-refractivity contribution in [2.24, 2.45) is 0 Å². The highest BCUT2D eigenvalue weighted by Gasteiger charge is 2.16. The Hall–Kier alpha value is -6.95. The molecule has 2 nitrogen and oxygen atoms in total. The first-order valence-electron chi connectivity index (χ1n) is 17.3. The van der Waals surface area contributed by atoms with E-state index in [1.54, 1.807) is 0 Å². The van der Waals surface area contributed by atoms with Crippen LogP contribution in [0.3, 0.4) is 0 Å². The first-order valence-corrected chi connectivity index (χ1v) is 17.3. The Morgan fingerprint density at radius 2 is 0.961 bits per heavy atom. The maximum Gasteiger partial charge on any atom is 0.136 e. The second-order valence-electron chi connectivity index (χ2n) is 13.6. The number of hydrogen-bond acceptors (Lipinski definition) is 2. The highest BCUT2D eigenvalue weighted by atomic mass is 16.3. The predicted molar refractivity (Wildman–Crippen MR) is 214 cm³/mol. The van der Waals surface area contributed by atoms with Gasteiger partial charge in [-0.2, -0.15) is 5.26 Å². The van der Waals surface area contributed by atoms with Crippen LogP contribution in [0, 0.1) is 11.3 Å². The lowest BCUT2D eigenvalue weighted by Crippen LogP contribution is -1.87. The molecule has 0 saturated heterocycles. The molecule has 1 aromatic heterocycles. The van der Waals surface area contributed by atoms with E-state index in [2.05, 4.69) is 146 Å². The van der Waals surface area contributed by atoms with Crippen LogP contribution in [0.15, 0.2) is 168 Å². The molecule has 0 bridgehead atoms. The standard InChI is InChI=1S/C49H27NO/c50-28-35-8-5-14-39-36(12-6-13-37(35)39)34-18-17-30-23-31(15-16-32(30)24-34)33-19-21-42-43(25-33)40-10-3-4-11-41(40)44-26-46-48(27-45(42)44)51-47-22-20-29-7-1-2-9-38(29)49(46)47/h1-27H. The number of nitriles is 1. The third-order valence-electron chi connectivity index (χ3n) is 10.8. The van der Waals surface area contributed by atoms with E-state index in [0.717, 1.165) is 38.5 Å². The number of hydrogen-bond donors (Lipinski definition) is 0. The smallest absolute Gasteiger partial charge is 0.136 e. The minimum atomic E-state index is 0.701. The average Bonchev–Trinajstić information content (AvgIpc) is 3.57. The first-order chi connectivity index (χ1) is 25.2. The van der Waals surface area contributed by atoms with Crippen molar-refractivity contribution in [3.8, 4) is 28.3 Å². The summed E-state index contributed by atoms with van der Waals surface area (Å²) < 4.78 is 6.52. The summed E-state index contributed by atoms with van der Waals surface area (Å²) in [7, 11) is 0. The molecule has 11 aromatic rings. The fraction of sp³-hybridized carbons (Fsp3) is 0. The van der Waals surface area contributed by atoms with Gasteiger partial charge in [-0.05, 0) is 124 Å². The molecule has 2 heteroatoms. The monoisotopic (exact) mass is 645 g/mol. The molecule has 0 amide bonds. The summed E-state index contributed by atoms with van der Waals surface area (Å²) in [4.78, 5) is 0. The molecule has 0 spiro atoms. The van der Waals surface area contributed by atoms with Crippen LogP contribution in [-0.4, -0.2) is 0 Å². The van der Waals surface area contributed by atoms with Crippen molar-refractivity contribution in [1.29, 1.82) is 5.26 Å². The van der Waals surface area contributed by atoms with E-state index in [9.17, 15) is 5.26 Å². The van der Waals surface area contributed by atoms with Crippen molar-refractivity contribution < 1.29 is 4.42 Å². The summed E-state index contributed by atoms with van der Waals surface area (Å²) in [5.41, 5.74) is 7.19. The van der Waals surface area contributed by atoms with Crippen LogP contribution in [0.25, 0.3) is 109 Å². The van der Waals surface area contributed by atoms with E-state index >= 15 is 0 Å². The topological polar surface area (TPSA) is 36.9 Å². The molecule has 10 aromatic carbocycles. The van der Waals surface area contributed by atoms with Gasteiger partial charge in [0.05, 0.1) is 11.6 Å². The molecule has 0 aliphatic heterocycles. The number of nitrogens with zero attached hydrogens (tertiary/aromatic N) is 1. The molecular formula is C49H27NO. The molecule has 0 atom stereocenters. The molecule has 0 aliphatic rings. The number of furan rings is 1. The van der Waals surface area contributed by atoms with Gasteiger partial charge >= 0.3 is 0 Å². The zero-order valence-corrected chi connectivity index (χ0v) is 27.4. The van der Waals surface area contributed by atoms with Crippen LogP contribution < -0.4 is 0 Å². The molecule has 0 fully saturated rings. The van der Waals surface area contributed by atoms with Gasteiger partial charge in [-0.1, -0.05) is 121 Å². The predicted octanol–water partition coefficient (Wildman–Crippen LogP) is 13.7. The third kappa shape index (κ3) is 4.10. The van der Waals surface area contributed by atoms with E-state index in [-0.39, 0.29) is 0 Å². The maximum atomic E-state index is 9.65. The van der Waals surface area contributed by atoms with Gasteiger partial charge in [0.1, 0.15) is 11.2 Å². The lowest BCUT2D eigenvalue weighted by Gasteiger charge is -2.13. The van der Waals surface area contributed by atoms with Gasteiger partial charge in [0, 0.05) is 16.2 Å². The Bertz CT molecular complexity index is 3320. The van der Waals surface area contributed by atoms with E-state index in [1.165, 1.54) is 70.4 Å². The van der Waals surface area contributed by atoms with Crippen molar-refractivity contribution >= 4 is 86.6 Å². The highest BCUT2D eigenvalue weighted by Crippen LogP contribution is 2.43. The minimum Gasteiger partial charge on any atom is -0.456 e. The van der Waals surface area contributed by atoms with Crippen LogP contribution in [0.2, 0.25) is 0 Å². The van der Waals surface area contributed by atoms with E-state index in [4.69, 9.17) is 4.42 Å². The number of fused-ring (bicyclic) bond motifs is 13. The van der Waals surface area contributed by atoms with Gasteiger partial charge in [0.2, 0.25) is 0 Å². The van der Waals surface area contributed by atoms with Crippen molar-refractivity contribution in [2.75, 3.05) is 0 Å². The molecule has 0 radical (unpaired) electrons. The van der Waals surface area contributed by atoms with Crippen molar-refractivity contribution in [1.82, 2.24) is 0 Å². The SMILES string of the molecule is N#Cc1cccc2c(-c3ccc4cc(-c5ccc6c(c5)c5ccccc5c5cc7c(cc65)oc5ccc6ccccc6c57)ccc4c3)cccc12. The summed E-state index contributed by atoms with van der Waals surface area (Å²) in [5.74, 6) is 0. The Morgan fingerprint density at radius 3 is 1.80 bits per heavy atom.